The van der Waals surface area contributed by atoms with Crippen LogP contribution in [0.15, 0.2) is 48.5 Å². The van der Waals surface area contributed by atoms with Gasteiger partial charge in [0.05, 0.1) is 0 Å². The van der Waals surface area contributed by atoms with Crippen LogP contribution in [0, 0.1) is 0 Å². The molecule has 1 aliphatic heterocycles. The molecule has 2 aromatic carbocycles. The van der Waals surface area contributed by atoms with Gasteiger partial charge >= 0.3 is 0 Å². The minimum atomic E-state index is -0.236. The van der Waals surface area contributed by atoms with E-state index in [9.17, 15) is 4.79 Å². The lowest BCUT2D eigenvalue weighted by molar-refractivity contribution is -0.119. The summed E-state index contributed by atoms with van der Waals surface area (Å²) in [6, 6.07) is 15.4. The zero-order valence-electron chi connectivity index (χ0n) is 12.0. The highest BCUT2D eigenvalue weighted by atomic mass is 16.5. The van der Waals surface area contributed by atoms with E-state index in [2.05, 4.69) is 0 Å². The Morgan fingerprint density at radius 2 is 1.95 bits per heavy atom. The molecule has 0 aliphatic carbocycles. The van der Waals surface area contributed by atoms with E-state index in [1.54, 1.807) is 11.9 Å². The van der Waals surface area contributed by atoms with E-state index in [0.717, 1.165) is 22.6 Å². The van der Waals surface area contributed by atoms with Crippen LogP contribution in [0.3, 0.4) is 0 Å². The molecule has 0 spiro atoms. The molecule has 0 aromatic heterocycles. The summed E-state index contributed by atoms with van der Waals surface area (Å²) < 4.78 is 5.59. The minimum absolute atomic E-state index is 0.0421. The lowest BCUT2D eigenvalue weighted by atomic mass is 10.00. The van der Waals surface area contributed by atoms with Gasteiger partial charge in [0.2, 0.25) is 5.91 Å². The van der Waals surface area contributed by atoms with Crippen molar-refractivity contribution in [3.8, 4) is 5.75 Å². The molecule has 4 nitrogen and oxygen atoms in total. The smallest absolute Gasteiger partial charge is 0.237 e. The Labute approximate surface area is 124 Å². The van der Waals surface area contributed by atoms with Gasteiger partial charge in [-0.15, -0.1) is 0 Å². The largest absolute Gasteiger partial charge is 0.492 e. The van der Waals surface area contributed by atoms with Crippen molar-refractivity contribution in [3.05, 3.63) is 59.7 Å². The van der Waals surface area contributed by atoms with Crippen LogP contribution >= 0.6 is 0 Å². The maximum atomic E-state index is 12.7. The quantitative estimate of drug-likeness (QED) is 0.939. The average Bonchev–Trinajstić information content (AvgIpc) is 2.97. The Bertz CT molecular complexity index is 652. The molecule has 0 bridgehead atoms. The van der Waals surface area contributed by atoms with Gasteiger partial charge in [-0.05, 0) is 23.8 Å². The van der Waals surface area contributed by atoms with E-state index in [1.807, 2.05) is 48.5 Å². The molecule has 1 amide bonds. The fourth-order valence-corrected chi connectivity index (χ4v) is 2.58. The van der Waals surface area contributed by atoms with Gasteiger partial charge in [-0.2, -0.15) is 0 Å². The second-order valence-corrected chi connectivity index (χ2v) is 5.17. The molecule has 108 valence electrons. The molecule has 1 unspecified atom stereocenters. The summed E-state index contributed by atoms with van der Waals surface area (Å²) in [6.07, 6.45) is 0. The molecule has 1 heterocycles. The Balaban J connectivity index is 1.82. The van der Waals surface area contributed by atoms with Gasteiger partial charge in [-0.3, -0.25) is 4.79 Å². The molecule has 0 saturated heterocycles. The maximum absolute atomic E-state index is 12.7. The van der Waals surface area contributed by atoms with Gasteiger partial charge < -0.3 is 15.4 Å². The van der Waals surface area contributed by atoms with Crippen LogP contribution < -0.4 is 15.4 Å². The molecule has 0 fully saturated rings. The van der Waals surface area contributed by atoms with E-state index in [0.29, 0.717) is 13.2 Å². The molecular formula is C17H18N2O2. The van der Waals surface area contributed by atoms with Crippen LogP contribution in [-0.4, -0.2) is 19.6 Å². The normalized spacial score (nSPS) is 16.2. The third-order valence-corrected chi connectivity index (χ3v) is 3.89. The second kappa shape index (κ2) is 5.58. The summed E-state index contributed by atoms with van der Waals surface area (Å²) in [7, 11) is 1.79. The SMILES string of the molecule is CN(C(=O)C1COc2ccccc21)c1ccc(CN)cc1. The van der Waals surface area contributed by atoms with Crippen molar-refractivity contribution in [2.75, 3.05) is 18.6 Å². The first kappa shape index (κ1) is 13.6. The van der Waals surface area contributed by atoms with Crippen molar-refractivity contribution >= 4 is 11.6 Å². The van der Waals surface area contributed by atoms with Crippen molar-refractivity contribution in [2.24, 2.45) is 5.73 Å². The van der Waals surface area contributed by atoms with Gasteiger partial charge in [0.1, 0.15) is 18.3 Å². The predicted molar refractivity (Wildman–Crippen MR) is 82.4 cm³/mol. The van der Waals surface area contributed by atoms with Gasteiger partial charge in [0.15, 0.2) is 0 Å². The summed E-state index contributed by atoms with van der Waals surface area (Å²) in [6.45, 7) is 0.908. The number of rotatable bonds is 3. The minimum Gasteiger partial charge on any atom is -0.492 e. The van der Waals surface area contributed by atoms with Gasteiger partial charge in [0, 0.05) is 24.8 Å². The van der Waals surface area contributed by atoms with E-state index in [4.69, 9.17) is 10.5 Å². The highest BCUT2D eigenvalue weighted by Crippen LogP contribution is 2.35. The van der Waals surface area contributed by atoms with Gasteiger partial charge in [-0.1, -0.05) is 30.3 Å². The highest BCUT2D eigenvalue weighted by molar-refractivity contribution is 5.98. The van der Waals surface area contributed by atoms with Gasteiger partial charge in [-0.25, -0.2) is 0 Å². The first-order chi connectivity index (χ1) is 10.2. The lowest BCUT2D eigenvalue weighted by Crippen LogP contribution is -2.32. The molecule has 1 aliphatic rings. The zero-order chi connectivity index (χ0) is 14.8. The van der Waals surface area contributed by atoms with Crippen molar-refractivity contribution in [1.29, 1.82) is 0 Å². The predicted octanol–water partition coefficient (Wildman–Crippen LogP) is 2.28. The van der Waals surface area contributed by atoms with E-state index < -0.39 is 0 Å². The summed E-state index contributed by atoms with van der Waals surface area (Å²) in [4.78, 5) is 14.4. The van der Waals surface area contributed by atoms with Crippen LogP contribution in [0.4, 0.5) is 5.69 Å². The average molecular weight is 282 g/mol. The molecular weight excluding hydrogens is 264 g/mol. The van der Waals surface area contributed by atoms with Crippen molar-refractivity contribution < 1.29 is 9.53 Å². The maximum Gasteiger partial charge on any atom is 0.237 e. The van der Waals surface area contributed by atoms with E-state index in [-0.39, 0.29) is 11.8 Å². The number of carbonyl (C=O) groups is 1. The Kier molecular flexibility index (Phi) is 3.62. The first-order valence-corrected chi connectivity index (χ1v) is 6.99. The number of fused-ring (bicyclic) bond motifs is 1. The lowest BCUT2D eigenvalue weighted by Gasteiger charge is -2.21. The van der Waals surface area contributed by atoms with E-state index >= 15 is 0 Å². The van der Waals surface area contributed by atoms with Crippen LogP contribution in [-0.2, 0) is 11.3 Å². The number of nitrogens with two attached hydrogens (primary N) is 1. The van der Waals surface area contributed by atoms with Gasteiger partial charge in [0.25, 0.3) is 0 Å². The number of hydrogen-bond acceptors (Lipinski definition) is 3. The van der Waals surface area contributed by atoms with Crippen molar-refractivity contribution in [3.63, 3.8) is 0 Å². The summed E-state index contributed by atoms with van der Waals surface area (Å²) in [5.41, 5.74) is 8.47. The number of amides is 1. The Morgan fingerprint density at radius 1 is 1.24 bits per heavy atom. The van der Waals surface area contributed by atoms with E-state index in [1.165, 1.54) is 0 Å². The summed E-state index contributed by atoms with van der Waals surface area (Å²) in [5, 5.41) is 0. The number of likely N-dealkylation sites (N-methyl/N-ethyl adjacent to an activating group) is 1. The fourth-order valence-electron chi connectivity index (χ4n) is 2.58. The molecule has 2 N–H and O–H groups in total. The molecule has 0 saturated carbocycles. The number of anilines is 1. The van der Waals surface area contributed by atoms with Crippen LogP contribution in [0.1, 0.15) is 17.0 Å². The molecule has 0 radical (unpaired) electrons. The molecule has 3 rings (SSSR count). The van der Waals surface area contributed by atoms with Crippen molar-refractivity contribution in [2.45, 2.75) is 12.5 Å². The van der Waals surface area contributed by atoms with Crippen LogP contribution in [0.2, 0.25) is 0 Å². The summed E-state index contributed by atoms with van der Waals surface area (Å²) >= 11 is 0. The molecule has 2 aromatic rings. The van der Waals surface area contributed by atoms with Crippen LogP contribution in [0.25, 0.3) is 0 Å². The number of para-hydroxylation sites is 1. The van der Waals surface area contributed by atoms with Crippen LogP contribution in [0.5, 0.6) is 5.75 Å². The number of hydrogen-bond donors (Lipinski definition) is 1. The zero-order valence-corrected chi connectivity index (χ0v) is 12.0. The number of carbonyl (C=O) groups excluding carboxylic acids is 1. The topological polar surface area (TPSA) is 55.6 Å². The molecule has 1 atom stereocenters. The Hall–Kier alpha value is -2.33. The summed E-state index contributed by atoms with van der Waals surface area (Å²) in [5.74, 6) is 0.614. The number of benzene rings is 2. The third kappa shape index (κ3) is 2.50. The monoisotopic (exact) mass is 282 g/mol. The third-order valence-electron chi connectivity index (χ3n) is 3.89. The second-order valence-electron chi connectivity index (χ2n) is 5.17. The molecule has 4 heteroatoms. The number of ether oxygens (including phenoxy) is 1. The fraction of sp³-hybridized carbons (Fsp3) is 0.235. The number of nitrogens with zero attached hydrogens (tertiary/aromatic N) is 1. The Morgan fingerprint density at radius 3 is 2.67 bits per heavy atom. The molecule has 21 heavy (non-hydrogen) atoms. The standard InChI is InChI=1S/C17H18N2O2/c1-19(13-8-6-12(10-18)7-9-13)17(20)15-11-21-16-5-3-2-4-14(15)16/h2-9,15H,10-11,18H2,1H3. The van der Waals surface area contributed by atoms with Crippen molar-refractivity contribution in [1.82, 2.24) is 0 Å². The first-order valence-electron chi connectivity index (χ1n) is 6.99. The highest BCUT2D eigenvalue weighted by Gasteiger charge is 2.32.